The van der Waals surface area contributed by atoms with E-state index in [1.165, 1.54) is 25.0 Å². The van der Waals surface area contributed by atoms with Gasteiger partial charge in [0.2, 0.25) is 20.4 Å². The van der Waals surface area contributed by atoms with Crippen LogP contribution in [0.5, 0.6) is 34.5 Å². The number of hydrogen-bond donors (Lipinski definition) is 2. The molecule has 0 atom stereocenters. The Morgan fingerprint density at radius 3 is 1.75 bits per heavy atom. The molecule has 0 aromatic heterocycles. The number of hydrogen-bond acceptors (Lipinski definition) is 9. The summed E-state index contributed by atoms with van der Waals surface area (Å²) in [7, 11) is -1.55. The van der Waals surface area contributed by atoms with Crippen LogP contribution in [0.15, 0.2) is 51.4 Å². The van der Waals surface area contributed by atoms with Gasteiger partial charge in [-0.15, -0.1) is 0 Å². The lowest BCUT2D eigenvalue weighted by Crippen LogP contribution is -2.29. The summed E-state index contributed by atoms with van der Waals surface area (Å²) >= 11 is 18.3. The van der Waals surface area contributed by atoms with Crippen LogP contribution in [0.4, 0.5) is 0 Å². The second-order valence-electron chi connectivity index (χ2n) is 8.05. The third kappa shape index (κ3) is 8.97. The summed E-state index contributed by atoms with van der Waals surface area (Å²) in [5.41, 5.74) is 0.286. The van der Waals surface area contributed by atoms with Gasteiger partial charge in [-0.2, -0.15) is 0 Å². The Labute approximate surface area is 259 Å². The van der Waals surface area contributed by atoms with E-state index >= 15 is 0 Å². The molecule has 14 heteroatoms. The number of ether oxygens (including phenoxy) is 7. The Kier molecular flexibility index (Phi) is 12.8. The third-order valence-corrected chi connectivity index (χ3v) is 6.81. The molecule has 3 aromatic carbocycles. The van der Waals surface area contributed by atoms with E-state index in [1.807, 2.05) is 24.3 Å². The number of benzene rings is 3. The lowest BCUT2D eigenvalue weighted by Gasteiger charge is -2.03. The highest BCUT2D eigenvalue weighted by Crippen LogP contribution is 2.41. The van der Waals surface area contributed by atoms with Gasteiger partial charge in [0.05, 0.1) is 10.0 Å². The van der Waals surface area contributed by atoms with Crippen LogP contribution in [0.2, 0.25) is 10.0 Å². The van der Waals surface area contributed by atoms with Crippen LogP contribution in [0.3, 0.4) is 0 Å². The van der Waals surface area contributed by atoms with Crippen molar-refractivity contribution < 1.29 is 43.2 Å². The van der Waals surface area contributed by atoms with Gasteiger partial charge in [0, 0.05) is 22.2 Å². The summed E-state index contributed by atoms with van der Waals surface area (Å²) in [4.78, 5) is 0. The van der Waals surface area contributed by atoms with Crippen LogP contribution < -0.4 is 33.9 Å². The average molecular weight is 725 g/mol. The van der Waals surface area contributed by atoms with E-state index in [9.17, 15) is 0 Å². The minimum absolute atomic E-state index is 0. The van der Waals surface area contributed by atoms with Crippen molar-refractivity contribution in [1.82, 2.24) is 0 Å². The molecule has 9 nitrogen and oxygen atoms in total. The fourth-order valence-corrected chi connectivity index (χ4v) is 4.90. The number of rotatable bonds is 1. The normalized spacial score (nSPS) is 14.4. The molecule has 4 heterocycles. The van der Waals surface area contributed by atoms with Crippen molar-refractivity contribution >= 4 is 67.6 Å². The molecule has 0 amide bonds. The molecule has 0 bridgehead atoms. The predicted octanol–water partition coefficient (Wildman–Crippen LogP) is 6.19. The van der Waals surface area contributed by atoms with Gasteiger partial charge in [-0.05, 0) is 60.8 Å². The molecule has 0 spiro atoms. The molecule has 4 aliphatic heterocycles. The first-order chi connectivity index (χ1) is 18.8. The SMILES string of the molecule is Brc1ccc2c(c1)OCO2.C.C1CCOC1.Clc1cc(Br)cc2c1OCO2.OB(O)c1cc(Cl)c2c(c1)OCO2. The molecular weight excluding hydrogens is 698 g/mol. The van der Waals surface area contributed by atoms with Crippen molar-refractivity contribution in [2.75, 3.05) is 33.6 Å². The zero-order valence-electron chi connectivity index (χ0n) is 20.3. The number of halogens is 4. The maximum atomic E-state index is 8.88. The van der Waals surface area contributed by atoms with Gasteiger partial charge >= 0.3 is 7.12 Å². The van der Waals surface area contributed by atoms with Gasteiger partial charge in [0.1, 0.15) is 0 Å². The van der Waals surface area contributed by atoms with Crippen LogP contribution in [0.1, 0.15) is 20.3 Å². The molecule has 1 saturated heterocycles. The summed E-state index contributed by atoms with van der Waals surface area (Å²) in [5, 5.41) is 18.7. The van der Waals surface area contributed by atoms with Gasteiger partial charge in [-0.3, -0.25) is 0 Å². The lowest BCUT2D eigenvalue weighted by molar-refractivity contribution is 0.173. The fourth-order valence-electron chi connectivity index (χ4n) is 3.45. The molecule has 0 saturated carbocycles. The second-order valence-corrected chi connectivity index (χ2v) is 10.7. The van der Waals surface area contributed by atoms with Gasteiger partial charge in [0.15, 0.2) is 34.5 Å². The van der Waals surface area contributed by atoms with E-state index in [0.29, 0.717) is 39.8 Å². The van der Waals surface area contributed by atoms with Crippen molar-refractivity contribution in [1.29, 1.82) is 0 Å². The standard InChI is InChI=1S/C7H6BClO4.C7H4BrClO2.C7H5BrO2.C4H8O.CH4/c9-5-1-4(8(10)11)2-6-7(5)13-3-12-6;8-4-1-5(9)7-6(2-4)10-3-11-7;8-5-1-2-6-7(3-5)10-4-9-6;1-2-4-5-3-1;/h1-2,10-11H,3H2;1-2H,3H2;1-3H,4H2;1-4H2;1H4. The van der Waals surface area contributed by atoms with E-state index in [1.54, 1.807) is 6.07 Å². The Morgan fingerprint density at radius 1 is 0.625 bits per heavy atom. The third-order valence-electron chi connectivity index (χ3n) is 5.30. The molecule has 0 unspecified atom stereocenters. The Balaban J connectivity index is 0.000000151. The lowest BCUT2D eigenvalue weighted by atomic mass is 9.80. The molecule has 0 radical (unpaired) electrons. The first kappa shape index (κ1) is 32.5. The summed E-state index contributed by atoms with van der Waals surface area (Å²) < 4.78 is 37.4. The highest BCUT2D eigenvalue weighted by molar-refractivity contribution is 9.10. The van der Waals surface area contributed by atoms with Gasteiger partial charge in [0.25, 0.3) is 0 Å². The molecular formula is C26H27BBr2Cl2O9. The van der Waals surface area contributed by atoms with Crippen molar-refractivity contribution in [2.24, 2.45) is 0 Å². The fraction of sp³-hybridized carbons (Fsp3) is 0.308. The summed E-state index contributed by atoms with van der Waals surface area (Å²) in [6.45, 7) is 2.71. The summed E-state index contributed by atoms with van der Waals surface area (Å²) in [5.74, 6) is 3.86. The highest BCUT2D eigenvalue weighted by Gasteiger charge is 2.22. The van der Waals surface area contributed by atoms with E-state index in [0.717, 1.165) is 33.7 Å². The predicted molar refractivity (Wildman–Crippen MR) is 160 cm³/mol. The average Bonchev–Trinajstić information content (AvgIpc) is 3.72. The Morgan fingerprint density at radius 2 is 1.15 bits per heavy atom. The monoisotopic (exact) mass is 722 g/mol. The van der Waals surface area contributed by atoms with Crippen LogP contribution in [0.25, 0.3) is 0 Å². The molecule has 40 heavy (non-hydrogen) atoms. The molecule has 1 fully saturated rings. The smallest absolute Gasteiger partial charge is 0.454 e. The largest absolute Gasteiger partial charge is 0.488 e. The molecule has 2 N–H and O–H groups in total. The van der Waals surface area contributed by atoms with E-state index in [-0.39, 0.29) is 26.5 Å². The molecule has 4 aliphatic rings. The quantitative estimate of drug-likeness (QED) is 0.285. The minimum atomic E-state index is -1.55. The van der Waals surface area contributed by atoms with Crippen molar-refractivity contribution in [2.45, 2.75) is 20.3 Å². The van der Waals surface area contributed by atoms with Crippen LogP contribution in [-0.4, -0.2) is 50.8 Å². The minimum Gasteiger partial charge on any atom is -0.454 e. The first-order valence-electron chi connectivity index (χ1n) is 11.6. The number of fused-ring (bicyclic) bond motifs is 3. The van der Waals surface area contributed by atoms with Crippen molar-refractivity contribution in [3.63, 3.8) is 0 Å². The van der Waals surface area contributed by atoms with Gasteiger partial charge < -0.3 is 43.2 Å². The first-order valence-corrected chi connectivity index (χ1v) is 14.0. The highest BCUT2D eigenvalue weighted by atomic mass is 79.9. The molecule has 216 valence electrons. The zero-order chi connectivity index (χ0) is 27.8. The van der Waals surface area contributed by atoms with Crippen LogP contribution in [0, 0.1) is 0 Å². The maximum Gasteiger partial charge on any atom is 0.488 e. The van der Waals surface area contributed by atoms with Gasteiger partial charge in [-0.25, -0.2) is 0 Å². The molecule has 3 aromatic rings. The Hall–Kier alpha value is -2.06. The summed E-state index contributed by atoms with van der Waals surface area (Å²) in [6.07, 6.45) is 2.56. The van der Waals surface area contributed by atoms with Gasteiger partial charge in [-0.1, -0.05) is 62.5 Å². The van der Waals surface area contributed by atoms with Crippen LogP contribution in [-0.2, 0) is 4.74 Å². The van der Waals surface area contributed by atoms with Crippen molar-refractivity contribution in [3.05, 3.63) is 61.5 Å². The molecule has 0 aliphatic carbocycles. The van der Waals surface area contributed by atoms with E-state index in [4.69, 9.17) is 66.4 Å². The Bertz CT molecular complexity index is 1270. The molecule has 7 rings (SSSR count). The van der Waals surface area contributed by atoms with Crippen molar-refractivity contribution in [3.8, 4) is 34.5 Å². The van der Waals surface area contributed by atoms with E-state index < -0.39 is 7.12 Å². The van der Waals surface area contributed by atoms with E-state index in [2.05, 4.69) is 31.9 Å². The maximum absolute atomic E-state index is 8.88. The summed E-state index contributed by atoms with van der Waals surface area (Å²) in [6, 6.07) is 12.2. The zero-order valence-corrected chi connectivity index (χ0v) is 25.0. The second kappa shape index (κ2) is 15.8. The van der Waals surface area contributed by atoms with Crippen LogP contribution >= 0.6 is 55.1 Å². The topological polar surface area (TPSA) is 105 Å².